The Morgan fingerprint density at radius 1 is 1.64 bits per heavy atom. The maximum atomic E-state index is 11.7. The highest BCUT2D eigenvalue weighted by Gasteiger charge is 2.33. The van der Waals surface area contributed by atoms with Crippen LogP contribution >= 0.6 is 12.2 Å². The van der Waals surface area contributed by atoms with Crippen LogP contribution in [-0.2, 0) is 4.79 Å². The molecule has 2 N–H and O–H groups in total. The minimum Gasteiger partial charge on any atom is -0.396 e. The molecular formula is C9H16N2O2S. The van der Waals surface area contributed by atoms with Gasteiger partial charge in [-0.3, -0.25) is 9.69 Å². The van der Waals surface area contributed by atoms with Crippen molar-refractivity contribution >= 4 is 23.2 Å². The van der Waals surface area contributed by atoms with Crippen LogP contribution in [0, 0.1) is 0 Å². The molecular weight excluding hydrogens is 200 g/mol. The van der Waals surface area contributed by atoms with Crippen molar-refractivity contribution in [1.82, 2.24) is 10.2 Å². The Morgan fingerprint density at radius 3 is 2.93 bits per heavy atom. The number of aliphatic hydroxyl groups is 1. The van der Waals surface area contributed by atoms with Crippen molar-refractivity contribution in [3.63, 3.8) is 0 Å². The van der Waals surface area contributed by atoms with Gasteiger partial charge in [-0.25, -0.2) is 0 Å². The monoisotopic (exact) mass is 216 g/mol. The Kier molecular flexibility index (Phi) is 4.28. The highest BCUT2D eigenvalue weighted by Crippen LogP contribution is 2.10. The van der Waals surface area contributed by atoms with Crippen LogP contribution in [-0.4, -0.2) is 40.2 Å². The molecule has 0 bridgehead atoms. The fourth-order valence-corrected chi connectivity index (χ4v) is 1.75. The van der Waals surface area contributed by atoms with Crippen molar-refractivity contribution in [2.24, 2.45) is 0 Å². The third kappa shape index (κ3) is 2.42. The molecule has 0 radical (unpaired) electrons. The maximum absolute atomic E-state index is 11.7. The van der Waals surface area contributed by atoms with Crippen molar-refractivity contribution in [2.45, 2.75) is 32.2 Å². The van der Waals surface area contributed by atoms with E-state index in [-0.39, 0.29) is 18.6 Å². The first-order chi connectivity index (χ1) is 6.70. The zero-order valence-corrected chi connectivity index (χ0v) is 9.14. The molecule has 80 valence electrons. The summed E-state index contributed by atoms with van der Waals surface area (Å²) in [5, 5.41) is 12.2. The van der Waals surface area contributed by atoms with E-state index in [9.17, 15) is 4.79 Å². The van der Waals surface area contributed by atoms with Crippen LogP contribution in [0.3, 0.4) is 0 Å². The fourth-order valence-electron chi connectivity index (χ4n) is 1.43. The molecule has 1 aliphatic heterocycles. The van der Waals surface area contributed by atoms with Crippen LogP contribution in [0.2, 0.25) is 0 Å². The molecule has 14 heavy (non-hydrogen) atoms. The molecule has 1 aliphatic rings. The topological polar surface area (TPSA) is 52.6 Å². The molecule has 1 saturated heterocycles. The average Bonchev–Trinajstić information content (AvgIpc) is 2.41. The van der Waals surface area contributed by atoms with E-state index in [2.05, 4.69) is 12.2 Å². The lowest BCUT2D eigenvalue weighted by Crippen LogP contribution is -2.32. The van der Waals surface area contributed by atoms with Crippen LogP contribution in [0.15, 0.2) is 0 Å². The molecule has 0 spiro atoms. The number of nitrogens with zero attached hydrogens (tertiary/aromatic N) is 1. The summed E-state index contributed by atoms with van der Waals surface area (Å²) < 4.78 is 0. The second-order valence-electron chi connectivity index (χ2n) is 3.36. The fraction of sp³-hybridized carbons (Fsp3) is 0.778. The van der Waals surface area contributed by atoms with Crippen molar-refractivity contribution in [1.29, 1.82) is 0 Å². The van der Waals surface area contributed by atoms with Gasteiger partial charge in [-0.1, -0.05) is 13.3 Å². The minimum atomic E-state index is -0.315. The van der Waals surface area contributed by atoms with Crippen molar-refractivity contribution in [2.75, 3.05) is 13.2 Å². The third-order valence-corrected chi connectivity index (χ3v) is 2.60. The first-order valence-electron chi connectivity index (χ1n) is 4.93. The van der Waals surface area contributed by atoms with Gasteiger partial charge in [0.05, 0.1) is 0 Å². The van der Waals surface area contributed by atoms with Gasteiger partial charge in [-0.15, -0.1) is 0 Å². The molecule has 0 aromatic rings. The van der Waals surface area contributed by atoms with Gasteiger partial charge in [0.2, 0.25) is 0 Å². The molecule has 1 atom stereocenters. The van der Waals surface area contributed by atoms with Crippen LogP contribution in [0.4, 0.5) is 0 Å². The van der Waals surface area contributed by atoms with E-state index in [1.54, 1.807) is 4.90 Å². The molecule has 0 aromatic heterocycles. The lowest BCUT2D eigenvalue weighted by atomic mass is 10.2. The van der Waals surface area contributed by atoms with Gasteiger partial charge in [0.25, 0.3) is 5.91 Å². The van der Waals surface area contributed by atoms with Crippen molar-refractivity contribution in [3.8, 4) is 0 Å². The summed E-state index contributed by atoms with van der Waals surface area (Å²) in [6.45, 7) is 2.76. The number of thiocarbonyl (C=S) groups is 1. The highest BCUT2D eigenvalue weighted by molar-refractivity contribution is 7.80. The first kappa shape index (κ1) is 11.4. The predicted octanol–water partition coefficient (Wildman–Crippen LogP) is 0.254. The van der Waals surface area contributed by atoms with E-state index < -0.39 is 0 Å². The number of nitrogens with one attached hydrogen (secondary N) is 1. The van der Waals surface area contributed by atoms with Crippen LogP contribution in [0.1, 0.15) is 26.2 Å². The molecule has 1 rings (SSSR count). The highest BCUT2D eigenvalue weighted by atomic mass is 32.1. The summed E-state index contributed by atoms with van der Waals surface area (Å²) in [6, 6.07) is -0.315. The van der Waals surface area contributed by atoms with Crippen LogP contribution in [0.5, 0.6) is 0 Å². The normalized spacial score (nSPS) is 21.6. The van der Waals surface area contributed by atoms with Gasteiger partial charge in [-0.05, 0) is 25.1 Å². The molecule has 1 fully saturated rings. The summed E-state index contributed by atoms with van der Waals surface area (Å²) >= 11 is 5.03. The summed E-state index contributed by atoms with van der Waals surface area (Å²) in [7, 11) is 0. The second-order valence-corrected chi connectivity index (χ2v) is 3.74. The number of rotatable bonds is 5. The van der Waals surface area contributed by atoms with Gasteiger partial charge in [0.15, 0.2) is 5.11 Å². The number of carbonyl (C=O) groups excluding carboxylic acids is 1. The zero-order chi connectivity index (χ0) is 10.6. The van der Waals surface area contributed by atoms with Crippen molar-refractivity contribution < 1.29 is 9.90 Å². The van der Waals surface area contributed by atoms with E-state index in [4.69, 9.17) is 17.3 Å². The molecule has 0 aliphatic carbocycles. The third-order valence-electron chi connectivity index (χ3n) is 2.26. The van der Waals surface area contributed by atoms with E-state index in [1.165, 1.54) is 0 Å². The molecule has 4 nitrogen and oxygen atoms in total. The standard InChI is InChI=1S/C9H16N2O2S/c1-2-3-5-11-8(13)7(4-6-12)10-9(11)14/h7,12H,2-6H2,1H3,(H,10,14). The second kappa shape index (κ2) is 5.26. The van der Waals surface area contributed by atoms with Gasteiger partial charge >= 0.3 is 0 Å². The Labute approximate surface area is 89.3 Å². The molecule has 0 aromatic carbocycles. The van der Waals surface area contributed by atoms with E-state index in [0.29, 0.717) is 18.1 Å². The average molecular weight is 216 g/mol. The van der Waals surface area contributed by atoms with Gasteiger partial charge < -0.3 is 10.4 Å². The predicted molar refractivity (Wildman–Crippen MR) is 57.8 cm³/mol. The molecule has 1 heterocycles. The molecule has 1 amide bonds. The van der Waals surface area contributed by atoms with Gasteiger partial charge in [0.1, 0.15) is 6.04 Å². The summed E-state index contributed by atoms with van der Waals surface area (Å²) in [5.74, 6) is -0.00231. The molecule has 5 heteroatoms. The van der Waals surface area contributed by atoms with E-state index in [0.717, 1.165) is 12.8 Å². The number of amides is 1. The zero-order valence-electron chi connectivity index (χ0n) is 8.32. The smallest absolute Gasteiger partial charge is 0.251 e. The summed E-state index contributed by atoms with van der Waals surface area (Å²) in [6.07, 6.45) is 2.43. The Hall–Kier alpha value is -0.680. The van der Waals surface area contributed by atoms with E-state index >= 15 is 0 Å². The Morgan fingerprint density at radius 2 is 2.36 bits per heavy atom. The Balaban J connectivity index is 2.52. The van der Waals surface area contributed by atoms with E-state index in [1.807, 2.05) is 0 Å². The lowest BCUT2D eigenvalue weighted by molar-refractivity contribution is -0.127. The number of aliphatic hydroxyl groups excluding tert-OH is 1. The number of unbranched alkanes of at least 4 members (excludes halogenated alkanes) is 1. The largest absolute Gasteiger partial charge is 0.396 e. The Bertz CT molecular complexity index is 233. The molecule has 1 unspecified atom stereocenters. The number of hydrogen-bond acceptors (Lipinski definition) is 3. The van der Waals surface area contributed by atoms with Gasteiger partial charge in [0, 0.05) is 13.2 Å². The SMILES string of the molecule is CCCCN1C(=O)C(CCO)NC1=S. The van der Waals surface area contributed by atoms with Crippen LogP contribution in [0.25, 0.3) is 0 Å². The summed E-state index contributed by atoms with van der Waals surface area (Å²) in [5.41, 5.74) is 0. The number of hydrogen-bond donors (Lipinski definition) is 2. The quantitative estimate of drug-likeness (QED) is 0.647. The lowest BCUT2D eigenvalue weighted by Gasteiger charge is -2.13. The van der Waals surface area contributed by atoms with Crippen LogP contribution < -0.4 is 5.32 Å². The minimum absolute atomic E-state index is 0.00231. The van der Waals surface area contributed by atoms with Gasteiger partial charge in [-0.2, -0.15) is 0 Å². The maximum Gasteiger partial charge on any atom is 0.251 e. The number of carbonyl (C=O) groups is 1. The van der Waals surface area contributed by atoms with Crippen molar-refractivity contribution in [3.05, 3.63) is 0 Å². The first-order valence-corrected chi connectivity index (χ1v) is 5.34. The molecule has 0 saturated carbocycles. The summed E-state index contributed by atoms with van der Waals surface area (Å²) in [4.78, 5) is 13.3.